The lowest BCUT2D eigenvalue weighted by molar-refractivity contribution is -0.0406. The minimum atomic E-state index is -2.14. The van der Waals surface area contributed by atoms with E-state index in [1.165, 1.54) is 12.7 Å². The van der Waals surface area contributed by atoms with Gasteiger partial charge in [0.1, 0.15) is 42.1 Å². The van der Waals surface area contributed by atoms with Gasteiger partial charge in [0.25, 0.3) is 0 Å². The van der Waals surface area contributed by atoms with Gasteiger partial charge in [0, 0.05) is 17.1 Å². The van der Waals surface area contributed by atoms with Crippen LogP contribution in [0.25, 0.3) is 21.6 Å². The van der Waals surface area contributed by atoms with Gasteiger partial charge in [0.05, 0.1) is 12.9 Å². The minimum absolute atomic E-state index is 0.0215. The summed E-state index contributed by atoms with van der Waals surface area (Å²) in [6.07, 6.45) is 0.602. The van der Waals surface area contributed by atoms with Crippen LogP contribution < -0.4 is 10.5 Å². The summed E-state index contributed by atoms with van der Waals surface area (Å²) >= 11 is 5.39. The number of nitrogen functional groups attached to an aromatic ring is 1. The Bertz CT molecular complexity index is 1310. The Balaban J connectivity index is 1.66. The normalized spacial score (nSPS) is 22.0. The zero-order valence-electron chi connectivity index (χ0n) is 21.3. The van der Waals surface area contributed by atoms with Gasteiger partial charge in [-0.15, -0.1) is 0 Å². The number of hydrogen-bond acceptors (Lipinski definition) is 10. The molecule has 2 N–H and O–H groups in total. The first kappa shape index (κ1) is 26.8. The quantitative estimate of drug-likeness (QED) is 0.146. The van der Waals surface area contributed by atoms with E-state index in [-0.39, 0.29) is 22.7 Å². The SMILES string of the molecule is CC(C)(C)[Si](C)(C)OC[C@H]1O[C@@H](n2cnc3c(N)ncnc32)[C@H](N=[N+]=[N-])[C@@H]1OC(=S)Oc1ccccc1. The van der Waals surface area contributed by atoms with Crippen LogP contribution in [0.5, 0.6) is 5.75 Å². The van der Waals surface area contributed by atoms with Crippen molar-refractivity contribution in [3.63, 3.8) is 0 Å². The van der Waals surface area contributed by atoms with Gasteiger partial charge in [0.15, 0.2) is 19.8 Å². The molecule has 2 aromatic heterocycles. The maximum absolute atomic E-state index is 9.43. The molecule has 0 aliphatic carbocycles. The largest absolute Gasteiger partial charge is 0.450 e. The smallest absolute Gasteiger partial charge is 0.358 e. The van der Waals surface area contributed by atoms with Crippen LogP contribution in [0.15, 0.2) is 48.1 Å². The molecule has 3 aromatic rings. The average molecular weight is 543 g/mol. The molecule has 0 spiro atoms. The van der Waals surface area contributed by atoms with Crippen molar-refractivity contribution in [3.8, 4) is 5.75 Å². The van der Waals surface area contributed by atoms with E-state index in [1.807, 2.05) is 18.2 Å². The van der Waals surface area contributed by atoms with Crippen molar-refractivity contribution in [2.24, 2.45) is 5.11 Å². The molecule has 4 atom stereocenters. The van der Waals surface area contributed by atoms with E-state index in [2.05, 4.69) is 58.8 Å². The Kier molecular flexibility index (Phi) is 7.66. The van der Waals surface area contributed by atoms with Crippen LogP contribution in [-0.4, -0.2) is 57.9 Å². The molecule has 0 radical (unpaired) electrons. The number of anilines is 1. The second-order valence-corrected chi connectivity index (χ2v) is 15.3. The zero-order chi connectivity index (χ0) is 26.8. The van der Waals surface area contributed by atoms with Crippen molar-refractivity contribution >= 4 is 42.8 Å². The van der Waals surface area contributed by atoms with Crippen LogP contribution in [0.2, 0.25) is 18.1 Å². The molecule has 1 aromatic carbocycles. The number of rotatable bonds is 7. The highest BCUT2D eigenvalue weighted by Crippen LogP contribution is 2.40. The highest BCUT2D eigenvalue weighted by molar-refractivity contribution is 7.79. The van der Waals surface area contributed by atoms with E-state index >= 15 is 0 Å². The molecule has 0 bridgehead atoms. The number of aromatic nitrogens is 4. The molecule has 4 rings (SSSR count). The molecule has 1 saturated heterocycles. The lowest BCUT2D eigenvalue weighted by Crippen LogP contribution is -2.45. The molecule has 0 amide bonds. The second kappa shape index (κ2) is 10.6. The van der Waals surface area contributed by atoms with Crippen molar-refractivity contribution in [2.45, 2.75) is 63.4 Å². The summed E-state index contributed by atoms with van der Waals surface area (Å²) in [5.74, 6) is 0.746. The van der Waals surface area contributed by atoms with Crippen molar-refractivity contribution in [3.05, 3.63) is 53.4 Å². The van der Waals surface area contributed by atoms with E-state index in [1.54, 1.807) is 16.7 Å². The molecule has 14 heteroatoms. The number of nitrogens with two attached hydrogens (primary N) is 1. The first-order valence-electron chi connectivity index (χ1n) is 11.7. The highest BCUT2D eigenvalue weighted by atomic mass is 32.1. The van der Waals surface area contributed by atoms with Crippen molar-refractivity contribution in [2.75, 3.05) is 12.3 Å². The van der Waals surface area contributed by atoms with E-state index in [0.29, 0.717) is 16.9 Å². The predicted molar refractivity (Wildman–Crippen MR) is 144 cm³/mol. The lowest BCUT2D eigenvalue weighted by Gasteiger charge is -2.37. The van der Waals surface area contributed by atoms with Gasteiger partial charge in [-0.2, -0.15) is 0 Å². The molecule has 0 saturated carbocycles. The number of azide groups is 1. The molecule has 3 heterocycles. The maximum atomic E-state index is 9.43. The second-order valence-electron chi connectivity index (χ2n) is 10.2. The monoisotopic (exact) mass is 542 g/mol. The van der Waals surface area contributed by atoms with Crippen molar-refractivity contribution < 1.29 is 18.6 Å². The molecule has 1 aliphatic rings. The minimum Gasteiger partial charge on any atom is -0.450 e. The number of nitrogens with zero attached hydrogens (tertiary/aromatic N) is 7. The third-order valence-electron chi connectivity index (χ3n) is 6.75. The van der Waals surface area contributed by atoms with Gasteiger partial charge >= 0.3 is 5.24 Å². The summed E-state index contributed by atoms with van der Waals surface area (Å²) in [5.41, 5.74) is 16.2. The Morgan fingerprint density at radius 3 is 2.65 bits per heavy atom. The van der Waals surface area contributed by atoms with E-state index in [9.17, 15) is 5.53 Å². The molecule has 1 aliphatic heterocycles. The zero-order valence-corrected chi connectivity index (χ0v) is 23.1. The van der Waals surface area contributed by atoms with Gasteiger partial charge in [-0.3, -0.25) is 4.57 Å². The molecular weight excluding hydrogens is 512 g/mol. The van der Waals surface area contributed by atoms with E-state index in [0.717, 1.165) is 0 Å². The number of benzene rings is 1. The first-order chi connectivity index (χ1) is 17.5. The highest BCUT2D eigenvalue weighted by Gasteiger charge is 2.49. The van der Waals surface area contributed by atoms with Crippen molar-refractivity contribution in [1.82, 2.24) is 19.5 Å². The molecule has 37 heavy (non-hydrogen) atoms. The van der Waals surface area contributed by atoms with Crippen LogP contribution in [0.4, 0.5) is 5.82 Å². The molecule has 12 nitrogen and oxygen atoms in total. The average Bonchev–Trinajstić information content (AvgIpc) is 3.40. The van der Waals surface area contributed by atoms with E-state index < -0.39 is 32.8 Å². The van der Waals surface area contributed by atoms with Crippen LogP contribution in [0.1, 0.15) is 27.0 Å². The van der Waals surface area contributed by atoms with Gasteiger partial charge < -0.3 is 24.4 Å². The fourth-order valence-corrected chi connectivity index (χ4v) is 4.92. The van der Waals surface area contributed by atoms with Crippen LogP contribution in [0, 0.1) is 0 Å². The third-order valence-corrected chi connectivity index (χ3v) is 11.4. The maximum Gasteiger partial charge on any atom is 0.358 e. The Morgan fingerprint density at radius 2 is 1.97 bits per heavy atom. The Hall–Kier alpha value is -3.29. The van der Waals surface area contributed by atoms with E-state index in [4.69, 9.17) is 36.6 Å². The van der Waals surface area contributed by atoms with Crippen molar-refractivity contribution in [1.29, 1.82) is 0 Å². The molecular formula is C23H30N8O4SSi. The van der Waals surface area contributed by atoms with Crippen LogP contribution >= 0.6 is 12.2 Å². The first-order valence-corrected chi connectivity index (χ1v) is 15.0. The topological polar surface area (TPSA) is 155 Å². The number of imidazole rings is 1. The molecule has 196 valence electrons. The number of para-hydroxylation sites is 1. The number of ether oxygens (including phenoxy) is 3. The number of fused-ring (bicyclic) bond motifs is 1. The van der Waals surface area contributed by atoms with Crippen LogP contribution in [-0.2, 0) is 13.9 Å². The fraction of sp³-hybridized carbons (Fsp3) is 0.478. The summed E-state index contributed by atoms with van der Waals surface area (Å²) < 4.78 is 26.3. The third kappa shape index (κ3) is 5.68. The van der Waals surface area contributed by atoms with Crippen LogP contribution in [0.3, 0.4) is 0 Å². The number of hydrogen-bond donors (Lipinski definition) is 1. The summed E-state index contributed by atoms with van der Waals surface area (Å²) in [7, 11) is -2.14. The molecule has 0 unspecified atom stereocenters. The van der Waals surface area contributed by atoms with Gasteiger partial charge in [-0.25, -0.2) is 15.0 Å². The van der Waals surface area contributed by atoms with Gasteiger partial charge in [-0.1, -0.05) is 44.1 Å². The fourth-order valence-electron chi connectivity index (χ4n) is 3.69. The number of thiocarbonyl (C=S) groups is 1. The summed E-state index contributed by atoms with van der Waals surface area (Å²) in [6.45, 7) is 10.9. The molecule has 1 fully saturated rings. The standard InChI is InChI=1S/C23H30N8O4SSi/c1-23(2,3)37(4,5)32-11-15-18(35-22(36)33-14-9-7-6-8-10-14)16(29-30-25)21(34-15)31-13-28-17-19(24)26-12-27-20(17)31/h6-10,12-13,15-16,18,21H,11H2,1-5H3,(H2,24,26,27)/t15-,16-,18-,21-/m1/s1. The van der Waals surface area contributed by atoms with Gasteiger partial charge in [0.2, 0.25) is 0 Å². The summed E-state index contributed by atoms with van der Waals surface area (Å²) in [6, 6.07) is 8.18. The Morgan fingerprint density at radius 1 is 1.24 bits per heavy atom. The summed E-state index contributed by atoms with van der Waals surface area (Å²) in [4.78, 5) is 15.7. The lowest BCUT2D eigenvalue weighted by atomic mass is 10.1. The Labute approximate surface area is 220 Å². The van der Waals surface area contributed by atoms with Gasteiger partial charge in [-0.05, 0) is 35.8 Å². The predicted octanol–water partition coefficient (Wildman–Crippen LogP) is 4.76. The summed E-state index contributed by atoms with van der Waals surface area (Å²) in [5, 5.41) is 3.87.